The van der Waals surface area contributed by atoms with Crippen LogP contribution in [0.4, 0.5) is 0 Å². The van der Waals surface area contributed by atoms with E-state index in [1.807, 2.05) is 16.8 Å². The van der Waals surface area contributed by atoms with E-state index in [1.165, 1.54) is 0 Å². The van der Waals surface area contributed by atoms with Gasteiger partial charge in [0.25, 0.3) is 0 Å². The first-order valence-electron chi connectivity index (χ1n) is 5.85. The molecule has 2 aromatic rings. The van der Waals surface area contributed by atoms with E-state index in [4.69, 9.17) is 11.6 Å². The molecule has 1 aromatic heterocycles. The minimum absolute atomic E-state index is 0.00371. The summed E-state index contributed by atoms with van der Waals surface area (Å²) < 4.78 is 1.90. The third-order valence-corrected chi connectivity index (χ3v) is 3.03. The van der Waals surface area contributed by atoms with E-state index in [2.05, 4.69) is 18.9 Å². The van der Waals surface area contributed by atoms with Crippen molar-refractivity contribution in [2.75, 3.05) is 0 Å². The van der Waals surface area contributed by atoms with Crippen molar-refractivity contribution in [1.82, 2.24) is 9.78 Å². The van der Waals surface area contributed by atoms with E-state index in [-0.39, 0.29) is 11.8 Å². The Bertz CT molecular complexity index is 587. The molecule has 0 saturated carbocycles. The van der Waals surface area contributed by atoms with Crippen LogP contribution in [0.5, 0.6) is 0 Å². The molecule has 0 spiro atoms. The number of Topliss-reactive ketones (excluding diaryl/α,β-unsaturated/α-hetero) is 1. The molecule has 0 saturated heterocycles. The van der Waals surface area contributed by atoms with Gasteiger partial charge in [0.2, 0.25) is 0 Å². The predicted molar refractivity (Wildman–Crippen MR) is 73.1 cm³/mol. The van der Waals surface area contributed by atoms with E-state index in [0.717, 1.165) is 11.3 Å². The highest BCUT2D eigenvalue weighted by Crippen LogP contribution is 2.28. The Morgan fingerprint density at radius 1 is 1.33 bits per heavy atom. The zero-order chi connectivity index (χ0) is 13.3. The summed E-state index contributed by atoms with van der Waals surface area (Å²) in [5.74, 6) is 0.00371. The van der Waals surface area contributed by atoms with Crippen LogP contribution in [0.25, 0.3) is 11.3 Å². The quantitative estimate of drug-likeness (QED) is 0.784. The molecular weight excluding hydrogens is 248 g/mol. The fourth-order valence-electron chi connectivity index (χ4n) is 1.97. The van der Waals surface area contributed by atoms with Gasteiger partial charge in [-0.05, 0) is 39.0 Å². The van der Waals surface area contributed by atoms with Crippen LogP contribution in [-0.4, -0.2) is 15.6 Å². The van der Waals surface area contributed by atoms with Crippen molar-refractivity contribution in [2.24, 2.45) is 0 Å². The average molecular weight is 263 g/mol. The Kier molecular flexibility index (Phi) is 3.53. The fourth-order valence-corrected chi connectivity index (χ4v) is 2.14. The monoisotopic (exact) mass is 262 g/mol. The Morgan fingerprint density at radius 3 is 2.67 bits per heavy atom. The highest BCUT2D eigenvalue weighted by atomic mass is 35.5. The maximum absolute atomic E-state index is 11.7. The Morgan fingerprint density at radius 2 is 2.06 bits per heavy atom. The summed E-state index contributed by atoms with van der Waals surface area (Å²) >= 11 is 5.95. The molecule has 0 aliphatic rings. The van der Waals surface area contributed by atoms with Crippen molar-refractivity contribution in [1.29, 1.82) is 0 Å². The molecule has 1 aromatic carbocycles. The fraction of sp³-hybridized carbons (Fsp3) is 0.286. The van der Waals surface area contributed by atoms with Crippen LogP contribution in [0, 0.1) is 0 Å². The van der Waals surface area contributed by atoms with Crippen LogP contribution < -0.4 is 0 Å². The second-order valence-corrected chi connectivity index (χ2v) is 4.94. The summed E-state index contributed by atoms with van der Waals surface area (Å²) in [6.07, 6.45) is 1.74. The van der Waals surface area contributed by atoms with E-state index < -0.39 is 0 Å². The van der Waals surface area contributed by atoms with Crippen LogP contribution in [0.2, 0.25) is 5.02 Å². The number of benzene rings is 1. The summed E-state index contributed by atoms with van der Waals surface area (Å²) in [6.45, 7) is 5.66. The summed E-state index contributed by atoms with van der Waals surface area (Å²) in [5.41, 5.74) is 2.44. The lowest BCUT2D eigenvalue weighted by molar-refractivity contribution is 0.101. The first-order chi connectivity index (χ1) is 8.50. The van der Waals surface area contributed by atoms with Crippen molar-refractivity contribution in [3.63, 3.8) is 0 Å². The molecule has 3 nitrogen and oxygen atoms in total. The summed E-state index contributed by atoms with van der Waals surface area (Å²) in [5, 5.41) is 4.86. The van der Waals surface area contributed by atoms with Crippen molar-refractivity contribution >= 4 is 17.4 Å². The second-order valence-electron chi connectivity index (χ2n) is 4.50. The number of rotatable bonds is 3. The Labute approximate surface area is 111 Å². The molecule has 18 heavy (non-hydrogen) atoms. The number of ketones is 1. The highest BCUT2D eigenvalue weighted by Gasteiger charge is 2.14. The third-order valence-electron chi connectivity index (χ3n) is 2.80. The van der Waals surface area contributed by atoms with Gasteiger partial charge in [-0.25, -0.2) is 0 Å². The van der Waals surface area contributed by atoms with Crippen LogP contribution in [-0.2, 0) is 0 Å². The molecule has 0 N–H and O–H groups in total. The molecule has 4 heteroatoms. The minimum Gasteiger partial charge on any atom is -0.294 e. The zero-order valence-electron chi connectivity index (χ0n) is 10.6. The SMILES string of the molecule is CC(=O)c1cc(Cl)ccc1-c1ccnn1C(C)C. The normalized spacial score (nSPS) is 10.9. The number of nitrogens with zero attached hydrogens (tertiary/aromatic N) is 2. The molecule has 0 atom stereocenters. The number of halogens is 1. The van der Waals surface area contributed by atoms with Crippen molar-refractivity contribution < 1.29 is 4.79 Å². The van der Waals surface area contributed by atoms with Gasteiger partial charge < -0.3 is 0 Å². The average Bonchev–Trinajstić information content (AvgIpc) is 2.77. The van der Waals surface area contributed by atoms with Gasteiger partial charge in [0.05, 0.1) is 5.69 Å². The van der Waals surface area contributed by atoms with Crippen LogP contribution >= 0.6 is 11.6 Å². The lowest BCUT2D eigenvalue weighted by Gasteiger charge is -2.13. The summed E-state index contributed by atoms with van der Waals surface area (Å²) in [7, 11) is 0. The minimum atomic E-state index is 0.00371. The summed E-state index contributed by atoms with van der Waals surface area (Å²) in [4.78, 5) is 11.7. The van der Waals surface area contributed by atoms with Gasteiger partial charge in [0.1, 0.15) is 0 Å². The number of carbonyl (C=O) groups excluding carboxylic acids is 1. The van der Waals surface area contributed by atoms with Gasteiger partial charge in [-0.2, -0.15) is 5.10 Å². The van der Waals surface area contributed by atoms with Gasteiger partial charge in [0, 0.05) is 28.4 Å². The highest BCUT2D eigenvalue weighted by molar-refractivity contribution is 6.31. The molecule has 0 aliphatic carbocycles. The van der Waals surface area contributed by atoms with E-state index in [1.54, 1.807) is 25.3 Å². The van der Waals surface area contributed by atoms with E-state index in [9.17, 15) is 4.79 Å². The smallest absolute Gasteiger partial charge is 0.160 e. The molecule has 0 fully saturated rings. The molecule has 1 heterocycles. The number of carbonyl (C=O) groups is 1. The van der Waals surface area contributed by atoms with Gasteiger partial charge >= 0.3 is 0 Å². The molecule has 0 unspecified atom stereocenters. The van der Waals surface area contributed by atoms with Crippen LogP contribution in [0.1, 0.15) is 37.2 Å². The molecule has 0 radical (unpaired) electrons. The maximum atomic E-state index is 11.7. The Balaban J connectivity index is 2.63. The predicted octanol–water partition coefficient (Wildman–Crippen LogP) is 3.99. The van der Waals surface area contributed by atoms with Crippen LogP contribution in [0.3, 0.4) is 0 Å². The van der Waals surface area contributed by atoms with Crippen LogP contribution in [0.15, 0.2) is 30.5 Å². The van der Waals surface area contributed by atoms with Crippen molar-refractivity contribution in [3.8, 4) is 11.3 Å². The third kappa shape index (κ3) is 2.31. The van der Waals surface area contributed by atoms with Gasteiger partial charge in [0.15, 0.2) is 5.78 Å². The van der Waals surface area contributed by atoms with Gasteiger partial charge in [-0.1, -0.05) is 17.7 Å². The van der Waals surface area contributed by atoms with E-state index >= 15 is 0 Å². The van der Waals surface area contributed by atoms with Gasteiger partial charge in [-0.3, -0.25) is 9.48 Å². The summed E-state index contributed by atoms with van der Waals surface area (Å²) in [6, 6.07) is 7.52. The lowest BCUT2D eigenvalue weighted by atomic mass is 10.0. The first-order valence-corrected chi connectivity index (χ1v) is 6.23. The number of aromatic nitrogens is 2. The van der Waals surface area contributed by atoms with Gasteiger partial charge in [-0.15, -0.1) is 0 Å². The zero-order valence-corrected chi connectivity index (χ0v) is 11.4. The molecular formula is C14H15ClN2O. The molecule has 0 bridgehead atoms. The van der Waals surface area contributed by atoms with Crippen molar-refractivity contribution in [2.45, 2.75) is 26.8 Å². The molecule has 0 amide bonds. The topological polar surface area (TPSA) is 34.9 Å². The standard InChI is InChI=1S/C14H15ClN2O/c1-9(2)17-14(6-7-16-17)12-5-4-11(15)8-13(12)10(3)18/h4-9H,1-3H3. The molecule has 2 rings (SSSR count). The van der Waals surface area contributed by atoms with Crippen molar-refractivity contribution in [3.05, 3.63) is 41.0 Å². The second kappa shape index (κ2) is 4.94. The molecule has 94 valence electrons. The van der Waals surface area contributed by atoms with E-state index in [0.29, 0.717) is 10.6 Å². The lowest BCUT2D eigenvalue weighted by Crippen LogP contribution is -2.06. The first kappa shape index (κ1) is 12.8. The molecule has 0 aliphatic heterocycles. The number of hydrogen-bond acceptors (Lipinski definition) is 2. The number of hydrogen-bond donors (Lipinski definition) is 0. The largest absolute Gasteiger partial charge is 0.294 e. The Hall–Kier alpha value is -1.61. The maximum Gasteiger partial charge on any atom is 0.160 e.